The lowest BCUT2D eigenvalue weighted by Gasteiger charge is -2.32. The first-order valence-electron chi connectivity index (χ1n) is 6.15. The second-order valence-electron chi connectivity index (χ2n) is 4.70. The lowest BCUT2D eigenvalue weighted by molar-refractivity contribution is -0.163. The molecule has 0 unspecified atom stereocenters. The maximum atomic E-state index is 14.0. The minimum atomic E-state index is -0.532. The van der Waals surface area contributed by atoms with E-state index in [0.29, 0.717) is 6.42 Å². The second-order valence-corrected chi connectivity index (χ2v) is 5.56. The fourth-order valence-corrected chi connectivity index (χ4v) is 2.85. The molecular formula is C13H10BrFN2O3. The summed E-state index contributed by atoms with van der Waals surface area (Å²) in [6, 6.07) is 2.93. The van der Waals surface area contributed by atoms with Gasteiger partial charge in [-0.2, -0.15) is 5.01 Å². The Balaban J connectivity index is 1.99. The number of nitrogens with zero attached hydrogens (tertiary/aromatic N) is 2. The first-order chi connectivity index (χ1) is 9.50. The summed E-state index contributed by atoms with van der Waals surface area (Å²) in [5, 5.41) is 1.89. The highest BCUT2D eigenvalue weighted by molar-refractivity contribution is 9.10. The fraction of sp³-hybridized carbons (Fsp3) is 0.308. The average Bonchev–Trinajstić information content (AvgIpc) is 2.72. The molecule has 7 heteroatoms. The van der Waals surface area contributed by atoms with E-state index in [-0.39, 0.29) is 35.0 Å². The Bertz CT molecular complexity index is 631. The molecule has 5 nitrogen and oxygen atoms in total. The van der Waals surface area contributed by atoms with Crippen molar-refractivity contribution < 1.29 is 18.8 Å². The zero-order valence-electron chi connectivity index (χ0n) is 10.4. The van der Waals surface area contributed by atoms with Gasteiger partial charge in [-0.25, -0.2) is 9.40 Å². The molecule has 0 aliphatic carbocycles. The lowest BCUT2D eigenvalue weighted by atomic mass is 10.1. The van der Waals surface area contributed by atoms with Crippen molar-refractivity contribution in [1.29, 1.82) is 0 Å². The van der Waals surface area contributed by atoms with Crippen molar-refractivity contribution in [3.63, 3.8) is 0 Å². The summed E-state index contributed by atoms with van der Waals surface area (Å²) in [5.41, 5.74) is 0.396. The van der Waals surface area contributed by atoms with E-state index in [1.54, 1.807) is 0 Å². The van der Waals surface area contributed by atoms with Crippen LogP contribution < -0.4 is 0 Å². The minimum absolute atomic E-state index is 0.100. The monoisotopic (exact) mass is 340 g/mol. The number of benzene rings is 1. The Kier molecular flexibility index (Phi) is 3.08. The number of hydrogen-bond donors (Lipinski definition) is 0. The van der Waals surface area contributed by atoms with Gasteiger partial charge in [0.15, 0.2) is 0 Å². The Morgan fingerprint density at radius 2 is 1.75 bits per heavy atom. The van der Waals surface area contributed by atoms with Gasteiger partial charge in [0.1, 0.15) is 5.82 Å². The standard InChI is InChI=1S/C13H10BrFN2O3/c14-9-5-4-7-8(12(9)15)6-16(13(7)20)17-10(18)2-1-3-11(17)19/h4-5H,1-3,6H2. The highest BCUT2D eigenvalue weighted by Gasteiger charge is 2.40. The predicted molar refractivity (Wildman–Crippen MR) is 69.7 cm³/mol. The van der Waals surface area contributed by atoms with Crippen LogP contribution in [-0.4, -0.2) is 27.7 Å². The van der Waals surface area contributed by atoms with Gasteiger partial charge in [0, 0.05) is 24.0 Å². The van der Waals surface area contributed by atoms with Gasteiger partial charge in [0.2, 0.25) is 11.8 Å². The van der Waals surface area contributed by atoms with Gasteiger partial charge in [-0.15, -0.1) is 0 Å². The number of carbonyl (C=O) groups is 3. The molecule has 0 saturated carbocycles. The van der Waals surface area contributed by atoms with Gasteiger partial charge < -0.3 is 0 Å². The minimum Gasteiger partial charge on any atom is -0.273 e. The van der Waals surface area contributed by atoms with Crippen molar-refractivity contribution in [2.45, 2.75) is 25.8 Å². The van der Waals surface area contributed by atoms with Crippen molar-refractivity contribution in [1.82, 2.24) is 10.0 Å². The highest BCUT2D eigenvalue weighted by atomic mass is 79.9. The van der Waals surface area contributed by atoms with Crippen LogP contribution in [0.1, 0.15) is 35.2 Å². The number of amides is 3. The number of carbonyl (C=O) groups excluding carboxylic acids is 3. The first-order valence-corrected chi connectivity index (χ1v) is 6.94. The van der Waals surface area contributed by atoms with Crippen LogP contribution in [0.4, 0.5) is 4.39 Å². The summed E-state index contributed by atoms with van der Waals surface area (Å²) in [6.07, 6.45) is 0.930. The fourth-order valence-electron chi connectivity index (χ4n) is 2.48. The van der Waals surface area contributed by atoms with Gasteiger partial charge in [0.05, 0.1) is 11.0 Å². The van der Waals surface area contributed by atoms with Crippen LogP contribution in [0.3, 0.4) is 0 Å². The molecule has 0 spiro atoms. The predicted octanol–water partition coefficient (Wildman–Crippen LogP) is 2.00. The number of rotatable bonds is 1. The van der Waals surface area contributed by atoms with Gasteiger partial charge in [0.25, 0.3) is 5.91 Å². The van der Waals surface area contributed by atoms with Crippen LogP contribution in [0.15, 0.2) is 16.6 Å². The van der Waals surface area contributed by atoms with Crippen LogP contribution in [0.2, 0.25) is 0 Å². The third-order valence-corrected chi connectivity index (χ3v) is 4.08. The Morgan fingerprint density at radius 1 is 1.10 bits per heavy atom. The molecular weight excluding hydrogens is 331 g/mol. The molecule has 1 aromatic carbocycles. The van der Waals surface area contributed by atoms with Gasteiger partial charge >= 0.3 is 0 Å². The largest absolute Gasteiger partial charge is 0.273 e. The molecule has 104 valence electrons. The summed E-state index contributed by atoms with van der Waals surface area (Å²) in [5.74, 6) is -1.88. The molecule has 3 amide bonds. The smallest absolute Gasteiger partial charge is 0.273 e. The van der Waals surface area contributed by atoms with Crippen LogP contribution in [-0.2, 0) is 16.1 Å². The van der Waals surface area contributed by atoms with Gasteiger partial charge in [-0.3, -0.25) is 14.4 Å². The quantitative estimate of drug-likeness (QED) is 0.734. The zero-order valence-corrected chi connectivity index (χ0v) is 11.9. The summed E-state index contributed by atoms with van der Waals surface area (Å²) in [4.78, 5) is 35.9. The number of piperidine rings is 1. The molecule has 2 aliphatic heterocycles. The average molecular weight is 341 g/mol. The normalized spacial score (nSPS) is 18.8. The number of halogens is 2. The molecule has 0 N–H and O–H groups in total. The number of hydrazine groups is 1. The molecule has 0 radical (unpaired) electrons. The Hall–Kier alpha value is -1.76. The molecule has 1 aromatic rings. The SMILES string of the molecule is O=C1c2ccc(Br)c(F)c2CN1N1C(=O)CCCC1=O. The molecule has 0 bridgehead atoms. The summed E-state index contributed by atoms with van der Waals surface area (Å²) < 4.78 is 14.2. The van der Waals surface area contributed by atoms with Crippen molar-refractivity contribution in [3.05, 3.63) is 33.5 Å². The second kappa shape index (κ2) is 4.66. The summed E-state index contributed by atoms with van der Waals surface area (Å²) in [6.45, 7) is -0.100. The molecule has 1 fully saturated rings. The van der Waals surface area contributed by atoms with Crippen molar-refractivity contribution in [2.75, 3.05) is 0 Å². The molecule has 1 saturated heterocycles. The van der Waals surface area contributed by atoms with Crippen LogP contribution in [0.5, 0.6) is 0 Å². The van der Waals surface area contributed by atoms with Crippen LogP contribution >= 0.6 is 15.9 Å². The van der Waals surface area contributed by atoms with Crippen LogP contribution in [0.25, 0.3) is 0 Å². The van der Waals surface area contributed by atoms with E-state index in [2.05, 4.69) is 15.9 Å². The summed E-state index contributed by atoms with van der Waals surface area (Å²) >= 11 is 3.06. The topological polar surface area (TPSA) is 57.7 Å². The molecule has 3 rings (SSSR count). The first kappa shape index (κ1) is 13.2. The molecule has 20 heavy (non-hydrogen) atoms. The van der Waals surface area contributed by atoms with E-state index >= 15 is 0 Å². The van der Waals surface area contributed by atoms with Gasteiger partial charge in [-0.05, 0) is 34.5 Å². The maximum Gasteiger partial charge on any atom is 0.273 e. The molecule has 0 atom stereocenters. The Morgan fingerprint density at radius 3 is 2.40 bits per heavy atom. The van der Waals surface area contributed by atoms with E-state index in [1.165, 1.54) is 12.1 Å². The van der Waals surface area contributed by atoms with Crippen molar-refractivity contribution in [3.8, 4) is 0 Å². The van der Waals surface area contributed by atoms with Crippen molar-refractivity contribution in [2.24, 2.45) is 0 Å². The lowest BCUT2D eigenvalue weighted by Crippen LogP contribution is -2.52. The third-order valence-electron chi connectivity index (χ3n) is 3.46. The van der Waals surface area contributed by atoms with E-state index < -0.39 is 23.5 Å². The Labute approximate surface area is 122 Å². The maximum absolute atomic E-state index is 14.0. The molecule has 2 aliphatic rings. The summed E-state index contributed by atoms with van der Waals surface area (Å²) in [7, 11) is 0. The zero-order chi connectivity index (χ0) is 14.4. The van der Waals surface area contributed by atoms with E-state index in [0.717, 1.165) is 10.0 Å². The third kappa shape index (κ3) is 1.84. The number of imide groups is 1. The van der Waals surface area contributed by atoms with Gasteiger partial charge in [-0.1, -0.05) is 0 Å². The van der Waals surface area contributed by atoms with E-state index in [4.69, 9.17) is 0 Å². The highest BCUT2D eigenvalue weighted by Crippen LogP contribution is 2.31. The van der Waals surface area contributed by atoms with Crippen LogP contribution in [0, 0.1) is 5.82 Å². The molecule has 0 aromatic heterocycles. The van der Waals surface area contributed by atoms with E-state index in [1.807, 2.05) is 0 Å². The number of hydrogen-bond acceptors (Lipinski definition) is 3. The molecule has 2 heterocycles. The van der Waals surface area contributed by atoms with E-state index in [9.17, 15) is 18.8 Å². The van der Waals surface area contributed by atoms with Crippen molar-refractivity contribution >= 4 is 33.7 Å². The number of fused-ring (bicyclic) bond motifs is 1.